The highest BCUT2D eigenvalue weighted by molar-refractivity contribution is 5.85. The highest BCUT2D eigenvalue weighted by Crippen LogP contribution is 2.10. The molecule has 20 heavy (non-hydrogen) atoms. The van der Waals surface area contributed by atoms with E-state index in [0.29, 0.717) is 25.3 Å². The molecule has 1 aromatic carbocycles. The van der Waals surface area contributed by atoms with Crippen molar-refractivity contribution in [2.45, 2.75) is 19.4 Å². The molecule has 1 aromatic heterocycles. The Morgan fingerprint density at radius 3 is 3.00 bits per heavy atom. The van der Waals surface area contributed by atoms with Crippen molar-refractivity contribution in [2.75, 3.05) is 13.1 Å². The largest absolute Gasteiger partial charge is 0.347 e. The van der Waals surface area contributed by atoms with E-state index in [9.17, 15) is 9.59 Å². The normalized spacial score (nSPS) is 15.0. The lowest BCUT2D eigenvalue weighted by Crippen LogP contribution is -2.37. The second-order valence-electron chi connectivity index (χ2n) is 4.90. The quantitative estimate of drug-likeness (QED) is 0.864. The third-order valence-electron chi connectivity index (χ3n) is 3.40. The molecule has 0 spiro atoms. The molecule has 0 saturated carbocycles. The first-order valence-corrected chi connectivity index (χ1v) is 6.70. The number of H-pyrrole nitrogens is 1. The molecule has 1 fully saturated rings. The van der Waals surface area contributed by atoms with E-state index in [1.807, 2.05) is 24.3 Å². The SMILES string of the molecule is O=C(CN1CCCC1=O)NCc1nc2ccccc2[nH]1. The number of hydrogen-bond acceptors (Lipinski definition) is 3. The number of imidazole rings is 1. The maximum atomic E-state index is 11.8. The molecule has 0 radical (unpaired) electrons. The molecule has 2 N–H and O–H groups in total. The summed E-state index contributed by atoms with van der Waals surface area (Å²) in [4.78, 5) is 32.3. The summed E-state index contributed by atoms with van der Waals surface area (Å²) in [6, 6.07) is 7.71. The predicted octanol–water partition coefficient (Wildman–Crippen LogP) is 0.801. The lowest BCUT2D eigenvalue weighted by Gasteiger charge is -2.14. The fourth-order valence-corrected chi connectivity index (χ4v) is 2.37. The summed E-state index contributed by atoms with van der Waals surface area (Å²) in [6.45, 7) is 1.16. The van der Waals surface area contributed by atoms with Gasteiger partial charge in [0, 0.05) is 13.0 Å². The molecule has 3 rings (SSSR count). The Balaban J connectivity index is 1.56. The molecule has 2 amide bonds. The average Bonchev–Trinajstić information content (AvgIpc) is 3.03. The molecular weight excluding hydrogens is 256 g/mol. The zero-order valence-electron chi connectivity index (χ0n) is 11.1. The van der Waals surface area contributed by atoms with Crippen LogP contribution in [0.5, 0.6) is 0 Å². The standard InChI is InChI=1S/C14H16N4O2/c19-13(9-18-7-3-6-14(18)20)15-8-12-16-10-4-1-2-5-11(10)17-12/h1-2,4-5H,3,6-9H2,(H,15,19)(H,16,17). The predicted molar refractivity (Wildman–Crippen MR) is 73.8 cm³/mol. The number of aromatic amines is 1. The number of para-hydroxylation sites is 2. The fraction of sp³-hybridized carbons (Fsp3) is 0.357. The first kappa shape index (κ1) is 12.7. The van der Waals surface area contributed by atoms with Gasteiger partial charge < -0.3 is 15.2 Å². The van der Waals surface area contributed by atoms with E-state index in [4.69, 9.17) is 0 Å². The average molecular weight is 272 g/mol. The van der Waals surface area contributed by atoms with Crippen molar-refractivity contribution in [3.8, 4) is 0 Å². The molecule has 0 aliphatic carbocycles. The number of aromatic nitrogens is 2. The van der Waals surface area contributed by atoms with Gasteiger partial charge in [-0.05, 0) is 18.6 Å². The van der Waals surface area contributed by atoms with Crippen LogP contribution in [0.4, 0.5) is 0 Å². The first-order valence-electron chi connectivity index (χ1n) is 6.70. The molecule has 104 valence electrons. The number of rotatable bonds is 4. The number of nitrogens with zero attached hydrogens (tertiary/aromatic N) is 2. The Bertz CT molecular complexity index is 616. The van der Waals surface area contributed by atoms with Gasteiger partial charge in [0.2, 0.25) is 11.8 Å². The fourth-order valence-electron chi connectivity index (χ4n) is 2.37. The summed E-state index contributed by atoms with van der Waals surface area (Å²) < 4.78 is 0. The first-order chi connectivity index (χ1) is 9.72. The van der Waals surface area contributed by atoms with Gasteiger partial charge in [0.25, 0.3) is 0 Å². The van der Waals surface area contributed by atoms with Gasteiger partial charge in [0.1, 0.15) is 5.82 Å². The van der Waals surface area contributed by atoms with E-state index < -0.39 is 0 Å². The molecule has 0 bridgehead atoms. The van der Waals surface area contributed by atoms with Crippen molar-refractivity contribution in [3.63, 3.8) is 0 Å². The van der Waals surface area contributed by atoms with Gasteiger partial charge in [-0.3, -0.25) is 9.59 Å². The number of carbonyl (C=O) groups excluding carboxylic acids is 2. The van der Waals surface area contributed by atoms with Gasteiger partial charge in [-0.1, -0.05) is 12.1 Å². The maximum absolute atomic E-state index is 11.8. The van der Waals surface area contributed by atoms with Crippen LogP contribution in [-0.4, -0.2) is 39.8 Å². The van der Waals surface area contributed by atoms with Gasteiger partial charge in [-0.2, -0.15) is 0 Å². The van der Waals surface area contributed by atoms with Crippen LogP contribution < -0.4 is 5.32 Å². The molecule has 0 unspecified atom stereocenters. The molecule has 2 aromatic rings. The van der Waals surface area contributed by atoms with E-state index in [0.717, 1.165) is 17.5 Å². The number of benzene rings is 1. The van der Waals surface area contributed by atoms with Crippen LogP contribution in [-0.2, 0) is 16.1 Å². The topological polar surface area (TPSA) is 78.1 Å². The van der Waals surface area contributed by atoms with Crippen molar-refractivity contribution >= 4 is 22.8 Å². The van der Waals surface area contributed by atoms with Crippen molar-refractivity contribution in [2.24, 2.45) is 0 Å². The van der Waals surface area contributed by atoms with E-state index in [1.54, 1.807) is 4.90 Å². The third kappa shape index (κ3) is 2.64. The minimum atomic E-state index is -0.152. The highest BCUT2D eigenvalue weighted by atomic mass is 16.2. The summed E-state index contributed by atoms with van der Waals surface area (Å²) in [5.41, 5.74) is 1.83. The lowest BCUT2D eigenvalue weighted by molar-refractivity contribution is -0.133. The number of amides is 2. The molecule has 1 saturated heterocycles. The summed E-state index contributed by atoms with van der Waals surface area (Å²) in [7, 11) is 0. The Morgan fingerprint density at radius 2 is 2.25 bits per heavy atom. The Hall–Kier alpha value is -2.37. The minimum absolute atomic E-state index is 0.0592. The van der Waals surface area contributed by atoms with Crippen molar-refractivity contribution < 1.29 is 9.59 Å². The molecule has 6 heteroatoms. The maximum Gasteiger partial charge on any atom is 0.239 e. The van der Waals surface area contributed by atoms with Gasteiger partial charge in [0.15, 0.2) is 0 Å². The van der Waals surface area contributed by atoms with Crippen LogP contribution in [0.1, 0.15) is 18.7 Å². The molecule has 1 aliphatic rings. The number of carbonyl (C=O) groups is 2. The van der Waals surface area contributed by atoms with Crippen molar-refractivity contribution in [1.82, 2.24) is 20.2 Å². The molecule has 0 atom stereocenters. The monoisotopic (exact) mass is 272 g/mol. The smallest absolute Gasteiger partial charge is 0.239 e. The van der Waals surface area contributed by atoms with E-state index in [2.05, 4.69) is 15.3 Å². The summed E-state index contributed by atoms with van der Waals surface area (Å²) in [5.74, 6) is 0.622. The minimum Gasteiger partial charge on any atom is -0.347 e. The number of fused-ring (bicyclic) bond motifs is 1. The van der Waals surface area contributed by atoms with Crippen LogP contribution in [0.3, 0.4) is 0 Å². The van der Waals surface area contributed by atoms with E-state index >= 15 is 0 Å². The van der Waals surface area contributed by atoms with Gasteiger partial charge in [0.05, 0.1) is 24.1 Å². The van der Waals surface area contributed by atoms with Crippen LogP contribution in [0.2, 0.25) is 0 Å². The Labute approximate surface area is 116 Å². The van der Waals surface area contributed by atoms with Crippen molar-refractivity contribution in [3.05, 3.63) is 30.1 Å². The summed E-state index contributed by atoms with van der Waals surface area (Å²) in [5, 5.41) is 2.78. The third-order valence-corrected chi connectivity index (χ3v) is 3.40. The summed E-state index contributed by atoms with van der Waals surface area (Å²) >= 11 is 0. The van der Waals surface area contributed by atoms with Crippen LogP contribution >= 0.6 is 0 Å². The van der Waals surface area contributed by atoms with Gasteiger partial charge >= 0.3 is 0 Å². The Kier molecular flexibility index (Phi) is 3.37. The van der Waals surface area contributed by atoms with E-state index in [-0.39, 0.29) is 18.4 Å². The molecule has 6 nitrogen and oxygen atoms in total. The molecule has 1 aliphatic heterocycles. The zero-order valence-corrected chi connectivity index (χ0v) is 11.1. The lowest BCUT2D eigenvalue weighted by atomic mass is 10.3. The van der Waals surface area contributed by atoms with Gasteiger partial charge in [-0.15, -0.1) is 0 Å². The van der Waals surface area contributed by atoms with Gasteiger partial charge in [-0.25, -0.2) is 4.98 Å². The Morgan fingerprint density at radius 1 is 1.40 bits per heavy atom. The second-order valence-corrected chi connectivity index (χ2v) is 4.90. The van der Waals surface area contributed by atoms with Crippen LogP contribution in [0.15, 0.2) is 24.3 Å². The number of likely N-dealkylation sites (tertiary alicyclic amines) is 1. The summed E-state index contributed by atoms with van der Waals surface area (Å²) in [6.07, 6.45) is 1.40. The molecule has 2 heterocycles. The zero-order chi connectivity index (χ0) is 13.9. The van der Waals surface area contributed by atoms with Crippen LogP contribution in [0, 0.1) is 0 Å². The number of nitrogens with one attached hydrogen (secondary N) is 2. The van der Waals surface area contributed by atoms with Crippen molar-refractivity contribution in [1.29, 1.82) is 0 Å². The number of hydrogen-bond donors (Lipinski definition) is 2. The molecular formula is C14H16N4O2. The highest BCUT2D eigenvalue weighted by Gasteiger charge is 2.22. The van der Waals surface area contributed by atoms with Crippen LogP contribution in [0.25, 0.3) is 11.0 Å². The van der Waals surface area contributed by atoms with E-state index in [1.165, 1.54) is 0 Å². The second kappa shape index (κ2) is 5.32.